The molecule has 1 N–H and O–H groups in total. The molecule has 0 saturated carbocycles. The first kappa shape index (κ1) is 13.6. The van der Waals surface area contributed by atoms with Crippen LogP contribution in [0, 0.1) is 6.92 Å². The molecule has 0 radical (unpaired) electrons. The highest BCUT2D eigenvalue weighted by Crippen LogP contribution is 2.17. The molecule has 0 saturated heterocycles. The number of oxazole rings is 1. The Balaban J connectivity index is 2.54. The van der Waals surface area contributed by atoms with Gasteiger partial charge in [0, 0.05) is 12.7 Å². The SMILES string of the molecule is COC(=O)C(CSc1nc(C)co1)NC(C)=O. The Morgan fingerprint density at radius 2 is 2.35 bits per heavy atom. The summed E-state index contributed by atoms with van der Waals surface area (Å²) in [5.41, 5.74) is 0.765. The molecule has 0 fully saturated rings. The van der Waals surface area contributed by atoms with Crippen LogP contribution in [-0.4, -0.2) is 35.8 Å². The Hall–Kier alpha value is -1.50. The number of amides is 1. The van der Waals surface area contributed by atoms with Crippen molar-refractivity contribution in [1.29, 1.82) is 0 Å². The van der Waals surface area contributed by atoms with Crippen LogP contribution in [0.15, 0.2) is 15.9 Å². The number of hydrogen-bond acceptors (Lipinski definition) is 6. The number of hydrogen-bond donors (Lipinski definition) is 1. The van der Waals surface area contributed by atoms with Gasteiger partial charge < -0.3 is 14.5 Å². The first-order valence-electron chi connectivity index (χ1n) is 4.92. The summed E-state index contributed by atoms with van der Waals surface area (Å²) < 4.78 is 9.71. The fraction of sp³-hybridized carbons (Fsp3) is 0.500. The largest absolute Gasteiger partial charge is 0.467 e. The van der Waals surface area contributed by atoms with Crippen LogP contribution in [0.5, 0.6) is 0 Å². The Morgan fingerprint density at radius 1 is 1.65 bits per heavy atom. The molecule has 0 spiro atoms. The van der Waals surface area contributed by atoms with Crippen molar-refractivity contribution in [2.75, 3.05) is 12.9 Å². The molecule has 1 amide bonds. The Bertz CT molecular complexity index is 405. The van der Waals surface area contributed by atoms with Crippen LogP contribution in [0.3, 0.4) is 0 Å². The minimum absolute atomic E-state index is 0.287. The number of esters is 1. The molecule has 1 aromatic heterocycles. The third-order valence-corrected chi connectivity index (χ3v) is 2.77. The van der Waals surface area contributed by atoms with Gasteiger partial charge in [-0.05, 0) is 6.92 Å². The summed E-state index contributed by atoms with van der Waals surface area (Å²) in [4.78, 5) is 26.4. The smallest absolute Gasteiger partial charge is 0.329 e. The number of methoxy groups -OCH3 is 1. The molecule has 1 heterocycles. The molecule has 1 unspecified atom stereocenters. The molecule has 1 atom stereocenters. The van der Waals surface area contributed by atoms with Crippen LogP contribution >= 0.6 is 11.8 Å². The number of rotatable bonds is 5. The quantitative estimate of drug-likeness (QED) is 0.620. The summed E-state index contributed by atoms with van der Waals surface area (Å²) in [5, 5.41) is 2.96. The van der Waals surface area contributed by atoms with E-state index < -0.39 is 12.0 Å². The molecular weight excluding hydrogens is 244 g/mol. The number of carbonyl (C=O) groups excluding carboxylic acids is 2. The van der Waals surface area contributed by atoms with E-state index in [1.807, 2.05) is 0 Å². The maximum absolute atomic E-state index is 11.4. The second-order valence-electron chi connectivity index (χ2n) is 3.34. The lowest BCUT2D eigenvalue weighted by atomic mass is 10.3. The van der Waals surface area contributed by atoms with Gasteiger partial charge >= 0.3 is 5.97 Å². The molecule has 0 aliphatic heterocycles. The van der Waals surface area contributed by atoms with Crippen molar-refractivity contribution in [1.82, 2.24) is 10.3 Å². The minimum Gasteiger partial charge on any atom is -0.467 e. The molecule has 6 nitrogen and oxygen atoms in total. The average molecular weight is 258 g/mol. The van der Waals surface area contributed by atoms with Gasteiger partial charge in [0.15, 0.2) is 0 Å². The van der Waals surface area contributed by atoms with Crippen LogP contribution in [0.1, 0.15) is 12.6 Å². The molecule has 1 rings (SSSR count). The van der Waals surface area contributed by atoms with Crippen LogP contribution in [-0.2, 0) is 14.3 Å². The lowest BCUT2D eigenvalue weighted by Crippen LogP contribution is -2.42. The van der Waals surface area contributed by atoms with E-state index in [0.29, 0.717) is 11.0 Å². The van der Waals surface area contributed by atoms with Crippen molar-refractivity contribution in [3.8, 4) is 0 Å². The van der Waals surface area contributed by atoms with Gasteiger partial charge in [0.05, 0.1) is 12.8 Å². The van der Waals surface area contributed by atoms with Crippen molar-refractivity contribution in [2.24, 2.45) is 0 Å². The van der Waals surface area contributed by atoms with Crippen LogP contribution in [0.25, 0.3) is 0 Å². The summed E-state index contributed by atoms with van der Waals surface area (Å²) in [6, 6.07) is -0.699. The first-order chi connectivity index (χ1) is 8.02. The van der Waals surface area contributed by atoms with Crippen LogP contribution in [0.4, 0.5) is 0 Å². The van der Waals surface area contributed by atoms with E-state index in [2.05, 4.69) is 15.0 Å². The summed E-state index contributed by atoms with van der Waals surface area (Å²) in [6.45, 7) is 3.15. The third-order valence-electron chi connectivity index (χ3n) is 1.83. The summed E-state index contributed by atoms with van der Waals surface area (Å²) in [5.74, 6) is -0.466. The first-order valence-corrected chi connectivity index (χ1v) is 5.91. The predicted octanol–water partition coefficient (Wildman–Crippen LogP) is 0.753. The van der Waals surface area contributed by atoms with E-state index in [1.165, 1.54) is 32.1 Å². The molecule has 1 aromatic rings. The van der Waals surface area contributed by atoms with Gasteiger partial charge in [-0.2, -0.15) is 0 Å². The number of nitrogens with zero attached hydrogens (tertiary/aromatic N) is 1. The molecule has 0 aliphatic rings. The molecule has 0 aromatic carbocycles. The van der Waals surface area contributed by atoms with Crippen molar-refractivity contribution >= 4 is 23.6 Å². The van der Waals surface area contributed by atoms with E-state index in [9.17, 15) is 9.59 Å². The molecule has 0 bridgehead atoms. The average Bonchev–Trinajstić information content (AvgIpc) is 2.68. The van der Waals surface area contributed by atoms with E-state index in [4.69, 9.17) is 4.42 Å². The van der Waals surface area contributed by atoms with Gasteiger partial charge in [0.25, 0.3) is 5.22 Å². The molecule has 94 valence electrons. The van der Waals surface area contributed by atoms with Crippen molar-refractivity contribution in [2.45, 2.75) is 25.1 Å². The standard InChI is InChI=1S/C10H14N2O4S/c1-6-4-16-10(11-6)17-5-8(9(14)15-3)12-7(2)13/h4,8H,5H2,1-3H3,(H,12,13). The van der Waals surface area contributed by atoms with Crippen LogP contribution < -0.4 is 5.32 Å². The lowest BCUT2D eigenvalue weighted by Gasteiger charge is -2.13. The van der Waals surface area contributed by atoms with E-state index in [-0.39, 0.29) is 5.91 Å². The predicted molar refractivity (Wildman–Crippen MR) is 61.6 cm³/mol. The van der Waals surface area contributed by atoms with Crippen molar-refractivity contribution in [3.63, 3.8) is 0 Å². The lowest BCUT2D eigenvalue weighted by molar-refractivity contribution is -0.144. The zero-order valence-electron chi connectivity index (χ0n) is 9.85. The topological polar surface area (TPSA) is 81.4 Å². The number of thioether (sulfide) groups is 1. The number of aromatic nitrogens is 1. The van der Waals surface area contributed by atoms with Gasteiger partial charge in [-0.25, -0.2) is 9.78 Å². The summed E-state index contributed by atoms with van der Waals surface area (Å²) in [7, 11) is 1.27. The zero-order chi connectivity index (χ0) is 12.8. The number of nitrogens with one attached hydrogen (secondary N) is 1. The Kier molecular flexibility index (Phi) is 5.02. The third kappa shape index (κ3) is 4.48. The highest BCUT2D eigenvalue weighted by atomic mass is 32.2. The fourth-order valence-corrected chi connectivity index (χ4v) is 1.96. The fourth-order valence-electron chi connectivity index (χ4n) is 1.11. The highest BCUT2D eigenvalue weighted by Gasteiger charge is 2.21. The van der Waals surface area contributed by atoms with Gasteiger partial charge in [0.1, 0.15) is 12.3 Å². The summed E-state index contributed by atoms with van der Waals surface area (Å²) >= 11 is 1.24. The Morgan fingerprint density at radius 3 is 2.82 bits per heavy atom. The van der Waals surface area contributed by atoms with Crippen molar-refractivity contribution in [3.05, 3.63) is 12.0 Å². The maximum atomic E-state index is 11.4. The minimum atomic E-state index is -0.699. The van der Waals surface area contributed by atoms with Gasteiger partial charge in [-0.3, -0.25) is 4.79 Å². The maximum Gasteiger partial charge on any atom is 0.329 e. The number of aryl methyl sites for hydroxylation is 1. The summed E-state index contributed by atoms with van der Waals surface area (Å²) in [6.07, 6.45) is 1.52. The second kappa shape index (κ2) is 6.29. The monoisotopic (exact) mass is 258 g/mol. The zero-order valence-corrected chi connectivity index (χ0v) is 10.7. The highest BCUT2D eigenvalue weighted by molar-refractivity contribution is 7.99. The molecule has 17 heavy (non-hydrogen) atoms. The second-order valence-corrected chi connectivity index (χ2v) is 4.31. The van der Waals surface area contributed by atoms with E-state index in [1.54, 1.807) is 6.92 Å². The number of carbonyl (C=O) groups is 2. The molecular formula is C10H14N2O4S. The van der Waals surface area contributed by atoms with E-state index in [0.717, 1.165) is 5.69 Å². The number of ether oxygens (including phenoxy) is 1. The van der Waals surface area contributed by atoms with E-state index >= 15 is 0 Å². The molecule has 7 heteroatoms. The van der Waals surface area contributed by atoms with Gasteiger partial charge in [0.2, 0.25) is 5.91 Å². The van der Waals surface area contributed by atoms with Crippen LogP contribution in [0.2, 0.25) is 0 Å². The Labute approximate surface area is 103 Å². The van der Waals surface area contributed by atoms with Gasteiger partial charge in [-0.15, -0.1) is 0 Å². The molecule has 0 aliphatic carbocycles. The normalized spacial score (nSPS) is 11.9. The van der Waals surface area contributed by atoms with Crippen molar-refractivity contribution < 1.29 is 18.7 Å². The van der Waals surface area contributed by atoms with Gasteiger partial charge in [-0.1, -0.05) is 11.8 Å².